The summed E-state index contributed by atoms with van der Waals surface area (Å²) >= 11 is 3.46. The lowest BCUT2D eigenvalue weighted by atomic mass is 10.1. The van der Waals surface area contributed by atoms with Crippen LogP contribution < -0.4 is 10.6 Å². The van der Waals surface area contributed by atoms with Gasteiger partial charge in [-0.15, -0.1) is 0 Å². The second-order valence-electron chi connectivity index (χ2n) is 7.31. The molecule has 0 atom stereocenters. The van der Waals surface area contributed by atoms with Crippen molar-refractivity contribution in [1.29, 1.82) is 0 Å². The third-order valence-corrected chi connectivity index (χ3v) is 5.14. The zero-order valence-electron chi connectivity index (χ0n) is 15.6. The van der Waals surface area contributed by atoms with Crippen LogP contribution in [0.5, 0.6) is 0 Å². The van der Waals surface area contributed by atoms with Crippen molar-refractivity contribution in [3.63, 3.8) is 0 Å². The number of aryl methyl sites for hydroxylation is 1. The zero-order valence-corrected chi connectivity index (χ0v) is 17.2. The van der Waals surface area contributed by atoms with E-state index in [-0.39, 0.29) is 11.9 Å². The first-order chi connectivity index (χ1) is 12.9. The first-order valence-electron chi connectivity index (χ1n) is 9.14. The van der Waals surface area contributed by atoms with Crippen molar-refractivity contribution in [3.05, 3.63) is 46.3 Å². The van der Waals surface area contributed by atoms with E-state index in [0.29, 0.717) is 22.0 Å². The molecule has 0 saturated heterocycles. The van der Waals surface area contributed by atoms with Gasteiger partial charge in [-0.3, -0.25) is 4.79 Å². The van der Waals surface area contributed by atoms with Crippen LogP contribution in [0.15, 0.2) is 35.2 Å². The maximum atomic E-state index is 12.5. The molecule has 0 radical (unpaired) electrons. The summed E-state index contributed by atoms with van der Waals surface area (Å²) in [5.41, 5.74) is 4.28. The van der Waals surface area contributed by atoms with Gasteiger partial charge in [-0.1, -0.05) is 6.07 Å². The average Bonchev–Trinajstić information content (AvgIpc) is 3.31. The number of aromatic nitrogens is 3. The van der Waals surface area contributed by atoms with Gasteiger partial charge in [-0.05, 0) is 73.3 Å². The maximum absolute atomic E-state index is 12.5. The van der Waals surface area contributed by atoms with Gasteiger partial charge >= 0.3 is 0 Å². The van der Waals surface area contributed by atoms with Crippen LogP contribution in [-0.4, -0.2) is 26.5 Å². The Morgan fingerprint density at radius 2 is 2.07 bits per heavy atom. The van der Waals surface area contributed by atoms with Gasteiger partial charge in [0.1, 0.15) is 10.1 Å². The number of hydrogen-bond donors (Lipinski definition) is 2. The van der Waals surface area contributed by atoms with Crippen molar-refractivity contribution in [1.82, 2.24) is 19.9 Å². The van der Waals surface area contributed by atoms with Gasteiger partial charge in [0.2, 0.25) is 0 Å². The van der Waals surface area contributed by atoms with Gasteiger partial charge in [-0.25, -0.2) is 9.97 Å². The molecule has 0 bridgehead atoms. The third-order valence-electron chi connectivity index (χ3n) is 4.73. The Labute approximate surface area is 166 Å². The molecule has 7 heteroatoms. The molecule has 1 amide bonds. The summed E-state index contributed by atoms with van der Waals surface area (Å²) in [5, 5.41) is 6.44. The molecule has 4 rings (SSSR count). The highest BCUT2D eigenvalue weighted by atomic mass is 79.9. The predicted molar refractivity (Wildman–Crippen MR) is 111 cm³/mol. The lowest BCUT2D eigenvalue weighted by Crippen LogP contribution is -2.26. The van der Waals surface area contributed by atoms with Crippen molar-refractivity contribution in [2.24, 2.45) is 0 Å². The van der Waals surface area contributed by atoms with Crippen LogP contribution in [0, 0.1) is 6.92 Å². The summed E-state index contributed by atoms with van der Waals surface area (Å²) in [5.74, 6) is 0.696. The smallest absolute Gasteiger partial charge is 0.251 e. The highest BCUT2D eigenvalue weighted by molar-refractivity contribution is 9.10. The monoisotopic (exact) mass is 427 g/mol. The van der Waals surface area contributed by atoms with E-state index < -0.39 is 0 Å². The van der Waals surface area contributed by atoms with Crippen LogP contribution in [0.1, 0.15) is 48.7 Å². The molecule has 0 aliphatic heterocycles. The number of nitrogens with one attached hydrogen (secondary N) is 2. The number of hydrogen-bond acceptors (Lipinski definition) is 4. The average molecular weight is 428 g/mol. The first kappa shape index (κ1) is 18.0. The molecular weight excluding hydrogens is 406 g/mol. The second kappa shape index (κ2) is 6.96. The number of nitrogens with zero attached hydrogens (tertiary/aromatic N) is 3. The lowest BCUT2D eigenvalue weighted by molar-refractivity contribution is 0.0950. The molecule has 1 aromatic carbocycles. The van der Waals surface area contributed by atoms with E-state index in [1.807, 2.05) is 37.5 Å². The number of rotatable bonds is 5. The summed E-state index contributed by atoms with van der Waals surface area (Å²) in [6, 6.07) is 8.31. The van der Waals surface area contributed by atoms with Gasteiger partial charge in [0.25, 0.3) is 5.91 Å². The van der Waals surface area contributed by atoms with Crippen LogP contribution in [0.3, 0.4) is 0 Å². The quantitative estimate of drug-likeness (QED) is 0.577. The Morgan fingerprint density at radius 1 is 1.30 bits per heavy atom. The molecule has 140 valence electrons. The molecular formula is C20H22BrN5O. The first-order valence-corrected chi connectivity index (χ1v) is 9.93. The molecule has 0 spiro atoms. The minimum absolute atomic E-state index is 0.0155. The molecule has 1 aliphatic rings. The van der Waals surface area contributed by atoms with Crippen molar-refractivity contribution in [2.75, 3.05) is 5.32 Å². The Hall–Kier alpha value is -2.41. The Kier molecular flexibility index (Phi) is 4.63. The van der Waals surface area contributed by atoms with E-state index in [2.05, 4.69) is 54.9 Å². The fourth-order valence-corrected chi connectivity index (χ4v) is 3.47. The highest BCUT2D eigenvalue weighted by Crippen LogP contribution is 2.30. The SMILES string of the molecule is Cc1ccc(Nc2nc(Br)cc3ncn(C(C)C)c23)cc1C(=O)NC1CC1. The molecule has 0 unspecified atom stereocenters. The lowest BCUT2D eigenvalue weighted by Gasteiger charge is -2.14. The Morgan fingerprint density at radius 3 is 2.78 bits per heavy atom. The van der Waals surface area contributed by atoms with Crippen LogP contribution in [0.4, 0.5) is 11.5 Å². The Balaban J connectivity index is 1.71. The number of halogens is 1. The topological polar surface area (TPSA) is 71.8 Å². The normalized spacial score (nSPS) is 14.0. The van der Waals surface area contributed by atoms with Gasteiger partial charge in [-0.2, -0.15) is 0 Å². The predicted octanol–water partition coefficient (Wildman–Crippen LogP) is 4.72. The van der Waals surface area contributed by atoms with Gasteiger partial charge in [0.05, 0.1) is 11.8 Å². The molecule has 1 aliphatic carbocycles. The van der Waals surface area contributed by atoms with Crippen molar-refractivity contribution >= 4 is 44.4 Å². The van der Waals surface area contributed by atoms with Gasteiger partial charge in [0.15, 0.2) is 5.82 Å². The van der Waals surface area contributed by atoms with Crippen LogP contribution >= 0.6 is 15.9 Å². The molecule has 6 nitrogen and oxygen atoms in total. The highest BCUT2D eigenvalue weighted by Gasteiger charge is 2.24. The minimum atomic E-state index is -0.0155. The third kappa shape index (κ3) is 3.69. The van der Waals surface area contributed by atoms with Crippen LogP contribution in [0.25, 0.3) is 11.0 Å². The number of benzene rings is 1. The Bertz CT molecular complexity index is 1020. The minimum Gasteiger partial charge on any atom is -0.349 e. The fraction of sp³-hybridized carbons (Fsp3) is 0.350. The van der Waals surface area contributed by atoms with Crippen molar-refractivity contribution in [2.45, 2.75) is 45.7 Å². The summed E-state index contributed by atoms with van der Waals surface area (Å²) < 4.78 is 2.80. The number of carbonyl (C=O) groups is 1. The standard InChI is InChI=1S/C20H22BrN5O/c1-11(2)26-10-22-16-9-17(21)25-19(18(16)26)23-14-5-4-12(3)15(8-14)20(27)24-13-6-7-13/h4-5,8-11,13H,6-7H2,1-3H3,(H,23,25)(H,24,27). The van der Waals surface area contributed by atoms with E-state index in [1.54, 1.807) is 0 Å². The number of amides is 1. The second-order valence-corrected chi connectivity index (χ2v) is 8.12. The van der Waals surface area contributed by atoms with E-state index in [1.165, 1.54) is 0 Å². The molecule has 27 heavy (non-hydrogen) atoms. The van der Waals surface area contributed by atoms with E-state index >= 15 is 0 Å². The summed E-state index contributed by atoms with van der Waals surface area (Å²) in [6.07, 6.45) is 3.97. The van der Waals surface area contributed by atoms with E-state index in [0.717, 1.165) is 35.1 Å². The van der Waals surface area contributed by atoms with Crippen molar-refractivity contribution in [3.8, 4) is 0 Å². The molecule has 1 fully saturated rings. The molecule has 2 heterocycles. The molecule has 3 aromatic rings. The molecule has 2 aromatic heterocycles. The van der Waals surface area contributed by atoms with Gasteiger partial charge in [0, 0.05) is 23.3 Å². The van der Waals surface area contributed by atoms with Crippen LogP contribution in [-0.2, 0) is 0 Å². The van der Waals surface area contributed by atoms with E-state index in [4.69, 9.17) is 0 Å². The summed E-state index contributed by atoms with van der Waals surface area (Å²) in [6.45, 7) is 6.17. The fourth-order valence-electron chi connectivity index (χ4n) is 3.08. The van der Waals surface area contributed by atoms with Crippen molar-refractivity contribution < 1.29 is 4.79 Å². The van der Waals surface area contributed by atoms with Gasteiger partial charge < -0.3 is 15.2 Å². The zero-order chi connectivity index (χ0) is 19.1. The van der Waals surface area contributed by atoms with E-state index in [9.17, 15) is 4.79 Å². The number of fused-ring (bicyclic) bond motifs is 1. The maximum Gasteiger partial charge on any atom is 0.251 e. The molecule has 2 N–H and O–H groups in total. The summed E-state index contributed by atoms with van der Waals surface area (Å²) in [4.78, 5) is 21.6. The number of imidazole rings is 1. The number of pyridine rings is 1. The molecule has 1 saturated carbocycles. The number of carbonyl (C=O) groups excluding carboxylic acids is 1. The summed E-state index contributed by atoms with van der Waals surface area (Å²) in [7, 11) is 0. The number of anilines is 2. The van der Waals surface area contributed by atoms with Crippen LogP contribution in [0.2, 0.25) is 0 Å². The largest absolute Gasteiger partial charge is 0.349 e.